The van der Waals surface area contributed by atoms with Crippen LogP contribution in [0.4, 0.5) is 0 Å². The van der Waals surface area contributed by atoms with Crippen LogP contribution in [0.3, 0.4) is 0 Å². The molecule has 116 valence electrons. The van der Waals surface area contributed by atoms with Crippen molar-refractivity contribution >= 4 is 38.3 Å². The third-order valence-electron chi connectivity index (χ3n) is 2.97. The van der Waals surface area contributed by atoms with E-state index in [-0.39, 0.29) is 22.3 Å². The van der Waals surface area contributed by atoms with Crippen molar-refractivity contribution in [3.63, 3.8) is 0 Å². The highest BCUT2D eigenvalue weighted by atomic mass is 32.2. The van der Waals surface area contributed by atoms with Crippen molar-refractivity contribution in [1.29, 1.82) is 0 Å². The van der Waals surface area contributed by atoms with Crippen molar-refractivity contribution in [1.82, 2.24) is 0 Å². The molecule has 9 nitrogen and oxygen atoms in total. The van der Waals surface area contributed by atoms with Gasteiger partial charge >= 0.3 is 7.32 Å². The predicted molar refractivity (Wildman–Crippen MR) is 72.8 cm³/mol. The lowest BCUT2D eigenvalue weighted by atomic mass is 10.0. The molecular formula is C10H7BO9S2. The minimum atomic E-state index is -4.60. The number of hydrogen-bond acceptors (Lipinski definition) is 7. The van der Waals surface area contributed by atoms with Gasteiger partial charge in [0.25, 0.3) is 20.2 Å². The van der Waals surface area contributed by atoms with Gasteiger partial charge in [-0.2, -0.15) is 16.8 Å². The van der Waals surface area contributed by atoms with Gasteiger partial charge in [0, 0.05) is 12.1 Å². The first-order valence-electron chi connectivity index (χ1n) is 5.64. The number of benzene rings is 2. The molecule has 0 aliphatic carbocycles. The summed E-state index contributed by atoms with van der Waals surface area (Å²) in [6.45, 7) is 0. The molecule has 0 spiro atoms. The molecule has 12 heteroatoms. The van der Waals surface area contributed by atoms with Crippen LogP contribution in [0.1, 0.15) is 0 Å². The first kappa shape index (κ1) is 15.1. The molecular weight excluding hydrogens is 339 g/mol. The van der Waals surface area contributed by atoms with Gasteiger partial charge in [0.1, 0.15) is 11.5 Å². The van der Waals surface area contributed by atoms with Gasteiger partial charge in [-0.05, 0) is 17.5 Å². The van der Waals surface area contributed by atoms with Crippen LogP contribution in [-0.2, 0) is 20.2 Å². The summed E-state index contributed by atoms with van der Waals surface area (Å²) in [5.74, 6) is -0.249. The quantitative estimate of drug-likeness (QED) is 0.508. The summed E-state index contributed by atoms with van der Waals surface area (Å²) >= 11 is 0. The summed E-state index contributed by atoms with van der Waals surface area (Å²) < 4.78 is 73.0. The largest absolute Gasteiger partial charge is 0.785 e. The first-order valence-corrected chi connectivity index (χ1v) is 8.52. The molecule has 3 rings (SSSR count). The van der Waals surface area contributed by atoms with E-state index in [0.717, 1.165) is 24.3 Å². The maximum atomic E-state index is 11.2. The van der Waals surface area contributed by atoms with E-state index in [1.165, 1.54) is 0 Å². The van der Waals surface area contributed by atoms with Gasteiger partial charge in [-0.25, -0.2) is 0 Å². The van der Waals surface area contributed by atoms with Crippen LogP contribution in [-0.4, -0.2) is 38.3 Å². The molecule has 0 saturated heterocycles. The smallest absolute Gasteiger partial charge is 0.500 e. The predicted octanol–water partition coefficient (Wildman–Crippen LogP) is 0.0816. The molecule has 0 aromatic heterocycles. The van der Waals surface area contributed by atoms with Crippen molar-refractivity contribution in [2.24, 2.45) is 0 Å². The minimum absolute atomic E-state index is 0.0159. The second-order valence-electron chi connectivity index (χ2n) is 4.43. The van der Waals surface area contributed by atoms with Crippen molar-refractivity contribution in [3.8, 4) is 11.5 Å². The Bertz CT molecular complexity index is 920. The van der Waals surface area contributed by atoms with E-state index in [1.54, 1.807) is 0 Å². The van der Waals surface area contributed by atoms with Crippen LogP contribution in [0, 0.1) is 0 Å². The Labute approximate surface area is 124 Å². The monoisotopic (exact) mass is 346 g/mol. The molecule has 3 N–H and O–H groups in total. The van der Waals surface area contributed by atoms with E-state index < -0.39 is 37.3 Å². The van der Waals surface area contributed by atoms with Gasteiger partial charge in [0.15, 0.2) is 0 Å². The standard InChI is InChI=1S/C10H7BO9S2/c12-11-19-8-3-6(21(13,14)15)1-5-2-7(22(16,17)18)4-9(20-11)10(5)8/h1-4,12H,(H,13,14,15)(H,16,17,18). The van der Waals surface area contributed by atoms with E-state index in [0.29, 0.717) is 0 Å². The Morgan fingerprint density at radius 2 is 1.23 bits per heavy atom. The fraction of sp³-hybridized carbons (Fsp3) is 0. The molecule has 1 aliphatic rings. The van der Waals surface area contributed by atoms with E-state index in [4.69, 9.17) is 18.4 Å². The number of hydrogen-bond donors (Lipinski definition) is 3. The molecule has 0 amide bonds. The highest BCUT2D eigenvalue weighted by molar-refractivity contribution is 7.86. The van der Waals surface area contributed by atoms with E-state index >= 15 is 0 Å². The SMILES string of the molecule is O=S(=O)(O)c1cc2c3c(cc(S(=O)(=O)O)cc3c1)OB(O)O2. The van der Waals surface area contributed by atoms with Gasteiger partial charge in [0.05, 0.1) is 15.2 Å². The van der Waals surface area contributed by atoms with Crippen LogP contribution in [0.2, 0.25) is 0 Å². The lowest BCUT2D eigenvalue weighted by molar-refractivity contribution is 0.290. The van der Waals surface area contributed by atoms with Gasteiger partial charge in [-0.1, -0.05) is 0 Å². The lowest BCUT2D eigenvalue weighted by Gasteiger charge is -2.22. The van der Waals surface area contributed by atoms with Gasteiger partial charge in [-0.15, -0.1) is 0 Å². The first-order chi connectivity index (χ1) is 10.1. The van der Waals surface area contributed by atoms with E-state index in [1.807, 2.05) is 0 Å². The second-order valence-corrected chi connectivity index (χ2v) is 7.28. The Morgan fingerprint density at radius 3 is 1.59 bits per heavy atom. The van der Waals surface area contributed by atoms with Crippen molar-refractivity contribution in [3.05, 3.63) is 24.3 Å². The highest BCUT2D eigenvalue weighted by Crippen LogP contribution is 2.41. The van der Waals surface area contributed by atoms with Crippen molar-refractivity contribution < 1.29 is 40.3 Å². The second kappa shape index (κ2) is 4.57. The zero-order chi connectivity index (χ0) is 16.3. The Balaban J connectivity index is 2.44. The van der Waals surface area contributed by atoms with Crippen LogP contribution >= 0.6 is 0 Å². The summed E-state index contributed by atoms with van der Waals surface area (Å²) in [6.07, 6.45) is 0. The molecule has 0 saturated carbocycles. The molecule has 0 fully saturated rings. The summed E-state index contributed by atoms with van der Waals surface area (Å²) in [5.41, 5.74) is 0. The van der Waals surface area contributed by atoms with Crippen molar-refractivity contribution in [2.45, 2.75) is 9.79 Å². The molecule has 1 aliphatic heterocycles. The van der Waals surface area contributed by atoms with Gasteiger partial charge in [0.2, 0.25) is 0 Å². The normalized spacial score (nSPS) is 14.6. The summed E-state index contributed by atoms with van der Waals surface area (Å²) in [6, 6.07) is 3.88. The maximum absolute atomic E-state index is 11.2. The van der Waals surface area contributed by atoms with Crippen LogP contribution < -0.4 is 9.31 Å². The third kappa shape index (κ3) is 2.50. The zero-order valence-electron chi connectivity index (χ0n) is 10.5. The Morgan fingerprint density at radius 1 is 0.818 bits per heavy atom. The number of rotatable bonds is 2. The summed E-state index contributed by atoms with van der Waals surface area (Å²) in [4.78, 5) is -1.13. The third-order valence-corrected chi connectivity index (χ3v) is 4.64. The maximum Gasteiger partial charge on any atom is 0.785 e. The molecule has 2 aromatic carbocycles. The van der Waals surface area contributed by atoms with Crippen LogP contribution in [0.5, 0.6) is 11.5 Å². The molecule has 0 radical (unpaired) electrons. The van der Waals surface area contributed by atoms with Gasteiger partial charge < -0.3 is 14.3 Å². The fourth-order valence-electron chi connectivity index (χ4n) is 2.11. The Kier molecular flexibility index (Phi) is 3.13. The van der Waals surface area contributed by atoms with E-state index in [9.17, 15) is 21.9 Å². The van der Waals surface area contributed by atoms with E-state index in [2.05, 4.69) is 0 Å². The zero-order valence-corrected chi connectivity index (χ0v) is 12.1. The molecule has 22 heavy (non-hydrogen) atoms. The Hall–Kier alpha value is -1.86. The molecule has 1 heterocycles. The van der Waals surface area contributed by atoms with Gasteiger partial charge in [-0.3, -0.25) is 9.11 Å². The minimum Gasteiger partial charge on any atom is -0.500 e. The lowest BCUT2D eigenvalue weighted by Crippen LogP contribution is -2.32. The average Bonchev–Trinajstić information content (AvgIpc) is 2.35. The molecule has 0 unspecified atom stereocenters. The summed E-state index contributed by atoms with van der Waals surface area (Å²) in [5, 5.41) is 9.63. The van der Waals surface area contributed by atoms with Crippen LogP contribution in [0.25, 0.3) is 10.8 Å². The average molecular weight is 346 g/mol. The molecule has 0 bridgehead atoms. The highest BCUT2D eigenvalue weighted by Gasteiger charge is 2.32. The molecule has 0 atom stereocenters. The molecule has 2 aromatic rings. The van der Waals surface area contributed by atoms with Crippen LogP contribution in [0.15, 0.2) is 34.1 Å². The topological polar surface area (TPSA) is 147 Å². The summed E-state index contributed by atoms with van der Waals surface area (Å²) in [7, 11) is -11.0. The fourth-order valence-corrected chi connectivity index (χ4v) is 3.17. The van der Waals surface area contributed by atoms with Crippen molar-refractivity contribution in [2.75, 3.05) is 0 Å².